The van der Waals surface area contributed by atoms with Gasteiger partial charge in [0.05, 0.1) is 0 Å². The van der Waals surface area contributed by atoms with Crippen LogP contribution in [0.25, 0.3) is 0 Å². The number of rotatable bonds is 5. The molecule has 0 spiro atoms. The fourth-order valence-electron chi connectivity index (χ4n) is 2.36. The number of halogens is 1. The van der Waals surface area contributed by atoms with Crippen LogP contribution < -0.4 is 4.90 Å². The molecule has 1 aromatic carbocycles. The molecule has 0 aliphatic heterocycles. The molecular formula is C16H16BrNOS. The van der Waals surface area contributed by atoms with Crippen LogP contribution in [0.1, 0.15) is 35.7 Å². The van der Waals surface area contributed by atoms with Crippen LogP contribution in [-0.2, 0) is 6.54 Å². The second kappa shape index (κ2) is 5.70. The summed E-state index contributed by atoms with van der Waals surface area (Å²) < 4.78 is 0.887. The standard InChI is InChI=1S/C16H16BrNOS/c1-11(19)15-5-4-14(8-16(15)17)18(13-2-3-13)9-12-6-7-20-10-12/h4-8,10,13H,2-3,9H2,1H3. The Hall–Kier alpha value is -1.13. The van der Waals surface area contributed by atoms with Crippen molar-refractivity contribution in [2.24, 2.45) is 0 Å². The highest BCUT2D eigenvalue weighted by Crippen LogP contribution is 2.35. The smallest absolute Gasteiger partial charge is 0.160 e. The molecule has 1 heterocycles. The summed E-state index contributed by atoms with van der Waals surface area (Å²) in [6.07, 6.45) is 2.52. The summed E-state index contributed by atoms with van der Waals surface area (Å²) in [5.74, 6) is 0.0965. The van der Waals surface area contributed by atoms with Crippen LogP contribution in [0.2, 0.25) is 0 Å². The predicted molar refractivity (Wildman–Crippen MR) is 87.7 cm³/mol. The number of hydrogen-bond acceptors (Lipinski definition) is 3. The van der Waals surface area contributed by atoms with Crippen LogP contribution in [0.15, 0.2) is 39.5 Å². The van der Waals surface area contributed by atoms with E-state index in [1.807, 2.05) is 6.07 Å². The monoisotopic (exact) mass is 349 g/mol. The third-order valence-corrected chi connectivity index (χ3v) is 4.97. The van der Waals surface area contributed by atoms with E-state index in [1.165, 1.54) is 24.1 Å². The quantitative estimate of drug-likeness (QED) is 0.716. The van der Waals surface area contributed by atoms with E-state index in [1.54, 1.807) is 18.3 Å². The molecule has 3 rings (SSSR count). The Kier molecular flexibility index (Phi) is 3.94. The lowest BCUT2D eigenvalue weighted by molar-refractivity contribution is 0.101. The van der Waals surface area contributed by atoms with E-state index in [9.17, 15) is 4.79 Å². The molecule has 0 N–H and O–H groups in total. The van der Waals surface area contributed by atoms with Gasteiger partial charge in [-0.2, -0.15) is 11.3 Å². The van der Waals surface area contributed by atoms with Gasteiger partial charge in [0.15, 0.2) is 5.78 Å². The molecular weight excluding hydrogens is 334 g/mol. The van der Waals surface area contributed by atoms with Gasteiger partial charge in [0, 0.05) is 28.3 Å². The van der Waals surface area contributed by atoms with Gasteiger partial charge in [0.25, 0.3) is 0 Å². The Morgan fingerprint density at radius 3 is 2.75 bits per heavy atom. The van der Waals surface area contributed by atoms with Gasteiger partial charge in [-0.1, -0.05) is 0 Å². The van der Waals surface area contributed by atoms with Crippen LogP contribution >= 0.6 is 27.3 Å². The van der Waals surface area contributed by atoms with Crippen molar-refractivity contribution in [3.05, 3.63) is 50.6 Å². The first-order chi connectivity index (χ1) is 9.65. The van der Waals surface area contributed by atoms with Crippen molar-refractivity contribution in [1.29, 1.82) is 0 Å². The van der Waals surface area contributed by atoms with E-state index >= 15 is 0 Å². The zero-order valence-electron chi connectivity index (χ0n) is 11.3. The van der Waals surface area contributed by atoms with Gasteiger partial charge in [-0.25, -0.2) is 0 Å². The van der Waals surface area contributed by atoms with Crippen molar-refractivity contribution in [3.8, 4) is 0 Å². The number of anilines is 1. The lowest BCUT2D eigenvalue weighted by Gasteiger charge is -2.25. The first-order valence-corrected chi connectivity index (χ1v) is 8.47. The number of benzene rings is 1. The maximum atomic E-state index is 11.5. The zero-order valence-corrected chi connectivity index (χ0v) is 13.7. The maximum absolute atomic E-state index is 11.5. The van der Waals surface area contributed by atoms with Crippen molar-refractivity contribution in [2.75, 3.05) is 4.90 Å². The van der Waals surface area contributed by atoms with Gasteiger partial charge in [-0.15, -0.1) is 0 Å². The van der Waals surface area contributed by atoms with Crippen LogP contribution in [0.5, 0.6) is 0 Å². The molecule has 1 fully saturated rings. The largest absolute Gasteiger partial charge is 0.364 e. The summed E-state index contributed by atoms with van der Waals surface area (Å²) >= 11 is 5.26. The molecule has 0 atom stereocenters. The molecule has 20 heavy (non-hydrogen) atoms. The van der Waals surface area contributed by atoms with E-state index in [2.05, 4.69) is 49.8 Å². The number of thiophene rings is 1. The first-order valence-electron chi connectivity index (χ1n) is 6.73. The molecule has 0 unspecified atom stereocenters. The summed E-state index contributed by atoms with van der Waals surface area (Å²) in [6.45, 7) is 2.55. The summed E-state index contributed by atoms with van der Waals surface area (Å²) in [5.41, 5.74) is 3.30. The average molecular weight is 350 g/mol. The van der Waals surface area contributed by atoms with E-state index in [0.29, 0.717) is 6.04 Å². The minimum absolute atomic E-state index is 0.0965. The van der Waals surface area contributed by atoms with Gasteiger partial charge < -0.3 is 4.90 Å². The molecule has 2 aromatic rings. The molecule has 104 valence electrons. The summed E-state index contributed by atoms with van der Waals surface area (Å²) in [6, 6.07) is 8.88. The Balaban J connectivity index is 1.88. The summed E-state index contributed by atoms with van der Waals surface area (Å²) in [5, 5.41) is 4.32. The number of Topliss-reactive ketones (excluding diaryl/α,β-unsaturated/α-hetero) is 1. The van der Waals surface area contributed by atoms with E-state index in [-0.39, 0.29) is 5.78 Å². The van der Waals surface area contributed by atoms with Gasteiger partial charge in [0.1, 0.15) is 0 Å². The first kappa shape index (κ1) is 13.8. The van der Waals surface area contributed by atoms with Crippen molar-refractivity contribution in [1.82, 2.24) is 0 Å². The molecule has 4 heteroatoms. The molecule has 0 radical (unpaired) electrons. The minimum atomic E-state index is 0.0965. The van der Waals surface area contributed by atoms with E-state index in [0.717, 1.165) is 16.6 Å². The molecule has 1 aromatic heterocycles. The number of ketones is 1. The molecule has 1 saturated carbocycles. The Morgan fingerprint density at radius 2 is 2.20 bits per heavy atom. The van der Waals surface area contributed by atoms with Crippen molar-refractivity contribution in [3.63, 3.8) is 0 Å². The van der Waals surface area contributed by atoms with E-state index in [4.69, 9.17) is 0 Å². The second-order valence-corrected chi connectivity index (χ2v) is 6.85. The number of nitrogens with zero attached hydrogens (tertiary/aromatic N) is 1. The van der Waals surface area contributed by atoms with Crippen LogP contribution in [0, 0.1) is 0 Å². The van der Waals surface area contributed by atoms with Gasteiger partial charge >= 0.3 is 0 Å². The summed E-state index contributed by atoms with van der Waals surface area (Å²) in [7, 11) is 0. The van der Waals surface area contributed by atoms with Crippen molar-refractivity contribution < 1.29 is 4.79 Å². The molecule has 2 nitrogen and oxygen atoms in total. The lowest BCUT2D eigenvalue weighted by atomic mass is 10.1. The molecule has 1 aliphatic carbocycles. The van der Waals surface area contributed by atoms with Crippen LogP contribution in [-0.4, -0.2) is 11.8 Å². The maximum Gasteiger partial charge on any atom is 0.160 e. The van der Waals surface area contributed by atoms with Crippen LogP contribution in [0.4, 0.5) is 5.69 Å². The molecule has 0 amide bonds. The van der Waals surface area contributed by atoms with Gasteiger partial charge in [0.2, 0.25) is 0 Å². The Bertz CT molecular complexity index is 619. The number of carbonyl (C=O) groups is 1. The highest BCUT2D eigenvalue weighted by Gasteiger charge is 2.29. The normalized spacial score (nSPS) is 14.3. The topological polar surface area (TPSA) is 20.3 Å². The predicted octanol–water partition coefficient (Wildman–Crippen LogP) is 4.88. The lowest BCUT2D eigenvalue weighted by Crippen LogP contribution is -2.24. The minimum Gasteiger partial charge on any atom is -0.364 e. The number of hydrogen-bond donors (Lipinski definition) is 0. The third kappa shape index (κ3) is 2.96. The van der Waals surface area contributed by atoms with Crippen molar-refractivity contribution in [2.45, 2.75) is 32.4 Å². The summed E-state index contributed by atoms with van der Waals surface area (Å²) in [4.78, 5) is 13.9. The van der Waals surface area contributed by atoms with Gasteiger partial charge in [-0.3, -0.25) is 4.79 Å². The van der Waals surface area contributed by atoms with Crippen LogP contribution in [0.3, 0.4) is 0 Å². The average Bonchev–Trinajstić information content (AvgIpc) is 3.12. The molecule has 1 aliphatic rings. The Morgan fingerprint density at radius 1 is 1.40 bits per heavy atom. The van der Waals surface area contributed by atoms with Gasteiger partial charge in [-0.05, 0) is 76.3 Å². The SMILES string of the molecule is CC(=O)c1ccc(N(Cc2ccsc2)C2CC2)cc1Br. The Labute approximate surface area is 131 Å². The fourth-order valence-corrected chi connectivity index (χ4v) is 3.67. The highest BCUT2D eigenvalue weighted by molar-refractivity contribution is 9.10. The highest BCUT2D eigenvalue weighted by atomic mass is 79.9. The zero-order chi connectivity index (χ0) is 14.1. The van der Waals surface area contributed by atoms with Crippen molar-refractivity contribution >= 4 is 38.7 Å². The number of carbonyl (C=O) groups excluding carboxylic acids is 1. The van der Waals surface area contributed by atoms with E-state index < -0.39 is 0 Å². The molecule has 0 bridgehead atoms. The second-order valence-electron chi connectivity index (χ2n) is 5.21. The third-order valence-electron chi connectivity index (χ3n) is 3.58. The molecule has 0 saturated heterocycles. The fraction of sp³-hybridized carbons (Fsp3) is 0.312.